The van der Waals surface area contributed by atoms with Gasteiger partial charge >= 0.3 is 12.1 Å². The van der Waals surface area contributed by atoms with E-state index in [1.807, 2.05) is 0 Å². The van der Waals surface area contributed by atoms with Crippen molar-refractivity contribution in [2.75, 3.05) is 13.1 Å². The summed E-state index contributed by atoms with van der Waals surface area (Å²) in [5.41, 5.74) is -3.50. The Morgan fingerprint density at radius 1 is 1.38 bits per heavy atom. The van der Waals surface area contributed by atoms with Crippen molar-refractivity contribution in [2.24, 2.45) is 5.41 Å². The number of carboxylic acids is 1. The molecule has 1 aliphatic rings. The Hall–Kier alpha value is -2.19. The van der Waals surface area contributed by atoms with Crippen molar-refractivity contribution in [3.63, 3.8) is 0 Å². The van der Waals surface area contributed by atoms with Crippen molar-refractivity contribution in [3.05, 3.63) is 29.8 Å². The highest BCUT2D eigenvalue weighted by atomic mass is 19.4. The van der Waals surface area contributed by atoms with Gasteiger partial charge < -0.3 is 10.0 Å². The van der Waals surface area contributed by atoms with Crippen molar-refractivity contribution in [1.29, 1.82) is 0 Å². The molecule has 9 heteroatoms. The molecule has 1 amide bonds. The highest BCUT2D eigenvalue weighted by molar-refractivity contribution is 5.95. The highest BCUT2D eigenvalue weighted by Crippen LogP contribution is 2.46. The van der Waals surface area contributed by atoms with Crippen LogP contribution in [-0.2, 0) is 4.79 Å². The van der Waals surface area contributed by atoms with Crippen LogP contribution in [0.15, 0.2) is 18.3 Å². The Bertz CT molecular complexity index is 590. The number of aromatic nitrogens is 1. The number of carboxylic acid groups (broad SMARTS) is 1. The Balaban J connectivity index is 2.28. The van der Waals surface area contributed by atoms with Gasteiger partial charge in [-0.3, -0.25) is 9.59 Å². The third-order valence-corrected chi connectivity index (χ3v) is 3.50. The van der Waals surface area contributed by atoms with Gasteiger partial charge in [0.15, 0.2) is 5.41 Å². The zero-order valence-corrected chi connectivity index (χ0v) is 10.5. The minimum Gasteiger partial charge on any atom is -0.481 e. The summed E-state index contributed by atoms with van der Waals surface area (Å²) in [6.45, 7) is -1.46. The lowest BCUT2D eigenvalue weighted by Gasteiger charge is -2.27. The summed E-state index contributed by atoms with van der Waals surface area (Å²) in [4.78, 5) is 26.9. The molecule has 0 aliphatic carbocycles. The number of hydrogen-bond donors (Lipinski definition) is 1. The first-order valence-electron chi connectivity index (χ1n) is 5.89. The molecule has 1 saturated heterocycles. The summed E-state index contributed by atoms with van der Waals surface area (Å²) in [6.07, 6.45) is -4.67. The second-order valence-electron chi connectivity index (χ2n) is 4.70. The summed E-state index contributed by atoms with van der Waals surface area (Å²) >= 11 is 0. The lowest BCUT2D eigenvalue weighted by Crippen LogP contribution is -2.47. The molecule has 0 radical (unpaired) electrons. The van der Waals surface area contributed by atoms with Gasteiger partial charge in [0, 0.05) is 19.3 Å². The average molecular weight is 306 g/mol. The Morgan fingerprint density at radius 3 is 2.52 bits per heavy atom. The van der Waals surface area contributed by atoms with Crippen LogP contribution in [0, 0.1) is 11.4 Å². The van der Waals surface area contributed by atoms with E-state index in [0.717, 1.165) is 12.3 Å². The van der Waals surface area contributed by atoms with Gasteiger partial charge in [-0.05, 0) is 18.6 Å². The van der Waals surface area contributed by atoms with E-state index in [1.165, 1.54) is 6.07 Å². The molecule has 0 spiro atoms. The number of amides is 1. The molecule has 1 unspecified atom stereocenters. The first-order chi connectivity index (χ1) is 9.69. The summed E-state index contributed by atoms with van der Waals surface area (Å²) < 4.78 is 52.3. The number of rotatable bonds is 2. The molecule has 2 rings (SSSR count). The van der Waals surface area contributed by atoms with E-state index in [1.54, 1.807) is 0 Å². The predicted molar refractivity (Wildman–Crippen MR) is 60.8 cm³/mol. The standard InChI is InChI=1S/C12H10F4N2O3/c13-8-7(2-1-4-17-8)9(19)18-5-3-11(6-18,10(20)21)12(14,15)16/h1-2,4H,3,5-6H2,(H,20,21). The number of carbonyl (C=O) groups is 2. The van der Waals surface area contributed by atoms with Gasteiger partial charge in [-0.2, -0.15) is 17.6 Å². The molecule has 1 aliphatic heterocycles. The van der Waals surface area contributed by atoms with E-state index in [0.29, 0.717) is 4.90 Å². The lowest BCUT2D eigenvalue weighted by molar-refractivity contribution is -0.227. The van der Waals surface area contributed by atoms with Crippen molar-refractivity contribution < 1.29 is 32.3 Å². The molecule has 2 heterocycles. The first kappa shape index (κ1) is 15.2. The number of nitrogens with zero attached hydrogens (tertiary/aromatic N) is 2. The molecule has 114 valence electrons. The van der Waals surface area contributed by atoms with Crippen LogP contribution >= 0.6 is 0 Å². The number of aliphatic carboxylic acids is 1. The normalized spacial score (nSPS) is 22.4. The predicted octanol–water partition coefficient (Wildman–Crippen LogP) is 1.70. The SMILES string of the molecule is O=C(c1cccnc1F)N1CCC(C(=O)O)(C(F)(F)F)C1. The molecule has 1 aromatic heterocycles. The van der Waals surface area contributed by atoms with Gasteiger partial charge in [-0.1, -0.05) is 0 Å². The molecule has 1 N–H and O–H groups in total. The highest BCUT2D eigenvalue weighted by Gasteiger charge is 2.64. The fourth-order valence-electron chi connectivity index (χ4n) is 2.23. The van der Waals surface area contributed by atoms with Crippen LogP contribution in [0.5, 0.6) is 0 Å². The first-order valence-corrected chi connectivity index (χ1v) is 5.89. The third-order valence-electron chi connectivity index (χ3n) is 3.50. The van der Waals surface area contributed by atoms with E-state index in [9.17, 15) is 27.2 Å². The summed E-state index contributed by atoms with van der Waals surface area (Å²) in [7, 11) is 0. The van der Waals surface area contributed by atoms with Crippen molar-refractivity contribution >= 4 is 11.9 Å². The topological polar surface area (TPSA) is 70.5 Å². The Kier molecular flexibility index (Phi) is 3.60. The molecule has 1 atom stereocenters. The fraction of sp³-hybridized carbons (Fsp3) is 0.417. The molecule has 0 saturated carbocycles. The van der Waals surface area contributed by atoms with Gasteiger partial charge in [-0.15, -0.1) is 0 Å². The molecular weight excluding hydrogens is 296 g/mol. The number of halogens is 4. The van der Waals surface area contributed by atoms with Crippen LogP contribution in [0.4, 0.5) is 17.6 Å². The number of likely N-dealkylation sites (tertiary alicyclic amines) is 1. The molecule has 5 nitrogen and oxygen atoms in total. The summed E-state index contributed by atoms with van der Waals surface area (Å²) in [5, 5.41) is 8.88. The van der Waals surface area contributed by atoms with Crippen molar-refractivity contribution in [1.82, 2.24) is 9.88 Å². The van der Waals surface area contributed by atoms with Crippen molar-refractivity contribution in [3.8, 4) is 0 Å². The lowest BCUT2D eigenvalue weighted by atomic mass is 9.86. The second kappa shape index (κ2) is 4.97. The van der Waals surface area contributed by atoms with E-state index in [4.69, 9.17) is 5.11 Å². The van der Waals surface area contributed by atoms with Gasteiger partial charge in [0.25, 0.3) is 5.91 Å². The minimum atomic E-state index is -5.00. The van der Waals surface area contributed by atoms with Crippen LogP contribution in [0.3, 0.4) is 0 Å². The van der Waals surface area contributed by atoms with E-state index < -0.39 is 54.5 Å². The van der Waals surface area contributed by atoms with Crippen LogP contribution in [-0.4, -0.2) is 46.1 Å². The maximum Gasteiger partial charge on any atom is 0.406 e. The van der Waals surface area contributed by atoms with Gasteiger partial charge in [0.2, 0.25) is 5.95 Å². The second-order valence-corrected chi connectivity index (χ2v) is 4.70. The van der Waals surface area contributed by atoms with E-state index in [2.05, 4.69) is 4.98 Å². The Morgan fingerprint density at radius 2 is 2.05 bits per heavy atom. The maximum atomic E-state index is 13.4. The van der Waals surface area contributed by atoms with Crippen LogP contribution in [0.2, 0.25) is 0 Å². The van der Waals surface area contributed by atoms with Crippen LogP contribution in [0.25, 0.3) is 0 Å². The van der Waals surface area contributed by atoms with E-state index >= 15 is 0 Å². The minimum absolute atomic E-state index is 0.418. The zero-order chi connectivity index (χ0) is 15.8. The molecule has 1 aromatic rings. The summed E-state index contributed by atoms with van der Waals surface area (Å²) in [5.74, 6) is -4.16. The van der Waals surface area contributed by atoms with E-state index in [-0.39, 0.29) is 0 Å². The number of carbonyl (C=O) groups excluding carboxylic acids is 1. The smallest absolute Gasteiger partial charge is 0.406 e. The average Bonchev–Trinajstić information content (AvgIpc) is 2.84. The third kappa shape index (κ3) is 2.43. The molecule has 21 heavy (non-hydrogen) atoms. The summed E-state index contributed by atoms with van der Waals surface area (Å²) in [6, 6.07) is 2.35. The van der Waals surface area contributed by atoms with Gasteiger partial charge in [-0.25, -0.2) is 4.98 Å². The molecular formula is C12H10F4N2O3. The number of pyridine rings is 1. The quantitative estimate of drug-likeness (QED) is 0.667. The maximum absolute atomic E-state index is 13.4. The molecule has 0 aromatic carbocycles. The largest absolute Gasteiger partial charge is 0.481 e. The monoisotopic (exact) mass is 306 g/mol. The number of hydrogen-bond acceptors (Lipinski definition) is 3. The zero-order valence-electron chi connectivity index (χ0n) is 10.5. The molecule has 1 fully saturated rings. The van der Waals surface area contributed by atoms with Crippen LogP contribution < -0.4 is 0 Å². The molecule has 0 bridgehead atoms. The Labute approximate surface area is 116 Å². The van der Waals surface area contributed by atoms with Crippen molar-refractivity contribution in [2.45, 2.75) is 12.6 Å². The fourth-order valence-corrected chi connectivity index (χ4v) is 2.23. The van der Waals surface area contributed by atoms with Crippen LogP contribution in [0.1, 0.15) is 16.8 Å². The number of alkyl halides is 3. The van der Waals surface area contributed by atoms with Gasteiger partial charge in [0.1, 0.15) is 0 Å². The van der Waals surface area contributed by atoms with Gasteiger partial charge in [0.05, 0.1) is 5.56 Å².